The molecule has 2 rings (SSSR count). The van der Waals surface area contributed by atoms with Gasteiger partial charge >= 0.3 is 5.97 Å². The molecule has 29 heavy (non-hydrogen) atoms. The van der Waals surface area contributed by atoms with Crippen LogP contribution < -0.4 is 10.1 Å². The monoisotopic (exact) mass is 423 g/mol. The van der Waals surface area contributed by atoms with Gasteiger partial charge in [0.25, 0.3) is 16.0 Å². The molecule has 0 bridgehead atoms. The minimum atomic E-state index is -4.31. The van der Waals surface area contributed by atoms with Crippen LogP contribution in [-0.4, -0.2) is 49.9 Å². The molecule has 0 radical (unpaired) electrons. The molecule has 2 aromatic carbocycles. The summed E-state index contributed by atoms with van der Waals surface area (Å²) in [5.74, 6) is -1.70. The first-order valence-corrected chi connectivity index (χ1v) is 10.9. The highest BCUT2D eigenvalue weighted by molar-refractivity contribution is 7.85. The summed E-state index contributed by atoms with van der Waals surface area (Å²) in [5, 5.41) is 3.98. The zero-order valence-electron chi connectivity index (χ0n) is 16.4. The Labute approximate surface area is 169 Å². The molecule has 2 N–H and O–H groups in total. The van der Waals surface area contributed by atoms with Gasteiger partial charge in [-0.05, 0) is 36.6 Å². The molecule has 8 nitrogen and oxygen atoms in total. The predicted octanol–water partition coefficient (Wildman–Crippen LogP) is 2.57. The average molecular weight is 423 g/mol. The highest BCUT2D eigenvalue weighted by Crippen LogP contribution is 2.28. The zero-order chi connectivity index (χ0) is 21.4. The van der Waals surface area contributed by atoms with E-state index in [0.29, 0.717) is 17.7 Å². The number of fused-ring (bicyclic) bond motifs is 1. The van der Waals surface area contributed by atoms with Crippen molar-refractivity contribution in [1.82, 2.24) is 5.32 Å². The minimum absolute atomic E-state index is 0.0657. The first-order chi connectivity index (χ1) is 13.8. The average Bonchev–Trinajstić information content (AvgIpc) is 2.68. The second-order valence-electron chi connectivity index (χ2n) is 6.36. The molecule has 0 spiro atoms. The van der Waals surface area contributed by atoms with Crippen molar-refractivity contribution in [3.8, 4) is 5.75 Å². The van der Waals surface area contributed by atoms with Crippen molar-refractivity contribution >= 4 is 32.8 Å². The van der Waals surface area contributed by atoms with Gasteiger partial charge in [0.2, 0.25) is 0 Å². The second kappa shape index (κ2) is 10.2. The molecule has 158 valence electrons. The summed E-state index contributed by atoms with van der Waals surface area (Å²) in [6.07, 6.45) is 0.424. The summed E-state index contributed by atoms with van der Waals surface area (Å²) in [6.45, 7) is 4.01. The fourth-order valence-electron chi connectivity index (χ4n) is 2.81. The third kappa shape index (κ3) is 6.43. The number of benzene rings is 2. The van der Waals surface area contributed by atoms with Gasteiger partial charge in [0, 0.05) is 0 Å². The molecule has 0 aliphatic heterocycles. The maximum absolute atomic E-state index is 13.1. The van der Waals surface area contributed by atoms with Crippen molar-refractivity contribution < 1.29 is 32.0 Å². The molecule has 1 atom stereocenters. The van der Waals surface area contributed by atoms with Gasteiger partial charge in [-0.2, -0.15) is 8.42 Å². The first-order valence-electron chi connectivity index (χ1n) is 9.34. The van der Waals surface area contributed by atoms with Crippen LogP contribution in [0.15, 0.2) is 36.4 Å². The molecule has 0 aliphatic rings. The molecule has 0 heterocycles. The van der Waals surface area contributed by atoms with E-state index in [1.807, 2.05) is 25.1 Å². The van der Waals surface area contributed by atoms with Crippen molar-refractivity contribution in [1.29, 1.82) is 0 Å². The van der Waals surface area contributed by atoms with E-state index in [0.717, 1.165) is 11.8 Å². The SMILES string of the molecule is CCCOc1ccc2ccccc2c1C(=O)N[C@@H](CCS(=O)(=O)O)C(=O)OCC. The number of hydrogen-bond donors (Lipinski definition) is 2. The van der Waals surface area contributed by atoms with Gasteiger partial charge in [0.1, 0.15) is 11.8 Å². The smallest absolute Gasteiger partial charge is 0.328 e. The summed E-state index contributed by atoms with van der Waals surface area (Å²) in [6, 6.07) is 9.51. The Morgan fingerprint density at radius 2 is 1.86 bits per heavy atom. The molecule has 9 heteroatoms. The second-order valence-corrected chi connectivity index (χ2v) is 7.93. The van der Waals surface area contributed by atoms with E-state index in [9.17, 15) is 18.0 Å². The largest absolute Gasteiger partial charge is 0.493 e. The van der Waals surface area contributed by atoms with Crippen LogP contribution in [0, 0.1) is 0 Å². The van der Waals surface area contributed by atoms with Crippen LogP contribution in [0.25, 0.3) is 10.8 Å². The Bertz CT molecular complexity index is 972. The van der Waals surface area contributed by atoms with Crippen molar-refractivity contribution in [3.63, 3.8) is 0 Å². The van der Waals surface area contributed by atoms with Crippen molar-refractivity contribution in [2.75, 3.05) is 19.0 Å². The molecule has 0 saturated carbocycles. The number of carbonyl (C=O) groups is 2. The van der Waals surface area contributed by atoms with Crippen LogP contribution in [-0.2, 0) is 19.6 Å². The van der Waals surface area contributed by atoms with Crippen LogP contribution >= 0.6 is 0 Å². The number of ether oxygens (including phenoxy) is 2. The quantitative estimate of drug-likeness (QED) is 0.445. The lowest BCUT2D eigenvalue weighted by Gasteiger charge is -2.19. The maximum atomic E-state index is 13.1. The number of rotatable bonds is 10. The standard InChI is InChI=1S/C20H25NO7S/c1-3-12-28-17-10-9-14-7-5-6-8-15(14)18(17)19(22)21-16(20(23)27-4-2)11-13-29(24,25)26/h5-10,16H,3-4,11-13H2,1-2H3,(H,21,22)(H,24,25,26)/t16-/m0/s1. The molecule has 0 unspecified atom stereocenters. The van der Waals surface area contributed by atoms with Gasteiger partial charge in [0.15, 0.2) is 0 Å². The van der Waals surface area contributed by atoms with E-state index in [4.69, 9.17) is 14.0 Å². The molecule has 0 saturated heterocycles. The third-order valence-corrected chi connectivity index (χ3v) is 4.87. The molecule has 2 aromatic rings. The van der Waals surface area contributed by atoms with Crippen LogP contribution in [0.3, 0.4) is 0 Å². The van der Waals surface area contributed by atoms with Gasteiger partial charge < -0.3 is 14.8 Å². The van der Waals surface area contributed by atoms with Gasteiger partial charge in [-0.3, -0.25) is 9.35 Å². The number of esters is 1. The molecule has 0 aliphatic carbocycles. The summed E-state index contributed by atoms with van der Waals surface area (Å²) in [5.41, 5.74) is 0.248. The molecular formula is C20H25NO7S. The number of nitrogens with one attached hydrogen (secondary N) is 1. The molecule has 1 amide bonds. The van der Waals surface area contributed by atoms with Crippen molar-refractivity contribution in [2.45, 2.75) is 32.7 Å². The zero-order valence-corrected chi connectivity index (χ0v) is 17.2. The van der Waals surface area contributed by atoms with Crippen LogP contribution in [0.2, 0.25) is 0 Å². The van der Waals surface area contributed by atoms with Crippen LogP contribution in [0.4, 0.5) is 0 Å². The Kier molecular flexibility index (Phi) is 7.98. The lowest BCUT2D eigenvalue weighted by atomic mass is 10.0. The van der Waals surface area contributed by atoms with Gasteiger partial charge in [-0.15, -0.1) is 0 Å². The van der Waals surface area contributed by atoms with E-state index in [1.165, 1.54) is 0 Å². The normalized spacial score (nSPS) is 12.4. The Morgan fingerprint density at radius 1 is 1.14 bits per heavy atom. The highest BCUT2D eigenvalue weighted by Gasteiger charge is 2.27. The number of amides is 1. The van der Waals surface area contributed by atoms with Crippen LogP contribution in [0.5, 0.6) is 5.75 Å². The fourth-order valence-corrected chi connectivity index (χ4v) is 3.34. The Morgan fingerprint density at radius 3 is 2.52 bits per heavy atom. The van der Waals surface area contributed by atoms with E-state index in [-0.39, 0.29) is 18.6 Å². The number of carbonyl (C=O) groups excluding carboxylic acids is 2. The summed E-state index contributed by atoms with van der Waals surface area (Å²) < 4.78 is 41.8. The lowest BCUT2D eigenvalue weighted by Crippen LogP contribution is -2.43. The van der Waals surface area contributed by atoms with Crippen molar-refractivity contribution in [3.05, 3.63) is 42.0 Å². The molecule has 0 aromatic heterocycles. The first kappa shape index (κ1) is 22.6. The van der Waals surface area contributed by atoms with E-state index in [1.54, 1.807) is 25.1 Å². The number of hydrogen-bond acceptors (Lipinski definition) is 6. The lowest BCUT2D eigenvalue weighted by molar-refractivity contribution is -0.145. The Hall–Kier alpha value is -2.65. The van der Waals surface area contributed by atoms with Gasteiger partial charge in [-0.1, -0.05) is 37.3 Å². The molecular weight excluding hydrogens is 398 g/mol. The fraction of sp³-hybridized carbons (Fsp3) is 0.400. The topological polar surface area (TPSA) is 119 Å². The highest BCUT2D eigenvalue weighted by atomic mass is 32.2. The summed E-state index contributed by atoms with van der Waals surface area (Å²) in [7, 11) is -4.31. The Balaban J connectivity index is 2.38. The van der Waals surface area contributed by atoms with Gasteiger partial charge in [0.05, 0.1) is 24.5 Å². The molecule has 0 fully saturated rings. The van der Waals surface area contributed by atoms with E-state index >= 15 is 0 Å². The van der Waals surface area contributed by atoms with Gasteiger partial charge in [-0.25, -0.2) is 4.79 Å². The van der Waals surface area contributed by atoms with Crippen LogP contribution in [0.1, 0.15) is 37.0 Å². The van der Waals surface area contributed by atoms with E-state index in [2.05, 4.69) is 5.32 Å². The van der Waals surface area contributed by atoms with E-state index < -0.39 is 33.8 Å². The van der Waals surface area contributed by atoms with Crippen molar-refractivity contribution in [2.24, 2.45) is 0 Å². The summed E-state index contributed by atoms with van der Waals surface area (Å²) in [4.78, 5) is 25.3. The predicted molar refractivity (Wildman–Crippen MR) is 109 cm³/mol. The maximum Gasteiger partial charge on any atom is 0.328 e. The third-order valence-electron chi connectivity index (χ3n) is 4.12. The minimum Gasteiger partial charge on any atom is -0.493 e. The summed E-state index contributed by atoms with van der Waals surface area (Å²) >= 11 is 0.